The van der Waals surface area contributed by atoms with Gasteiger partial charge in [-0.2, -0.15) is 0 Å². The Bertz CT molecular complexity index is 191. The quantitative estimate of drug-likeness (QED) is 0.611. The number of nitrogens with one attached hydrogen (secondary N) is 1. The zero-order chi connectivity index (χ0) is 11.7. The van der Waals surface area contributed by atoms with Gasteiger partial charge in [0.2, 0.25) is 6.41 Å². The molecule has 0 spiro atoms. The summed E-state index contributed by atoms with van der Waals surface area (Å²) in [6, 6.07) is 0.449. The SMILES string of the molecule is CCOC(=O)NC=O.CN1CCC(N)C1. The lowest BCUT2D eigenvalue weighted by molar-refractivity contribution is -0.109. The molecular weight excluding hydrogens is 198 g/mol. The molecule has 3 N–H and O–H groups in total. The van der Waals surface area contributed by atoms with E-state index in [-0.39, 0.29) is 13.0 Å². The summed E-state index contributed by atoms with van der Waals surface area (Å²) in [6.07, 6.45) is 0.747. The van der Waals surface area contributed by atoms with Crippen molar-refractivity contribution in [2.24, 2.45) is 5.73 Å². The topological polar surface area (TPSA) is 84.7 Å². The second-order valence-electron chi connectivity index (χ2n) is 3.29. The second kappa shape index (κ2) is 8.19. The van der Waals surface area contributed by atoms with Crippen LogP contribution in [0.1, 0.15) is 13.3 Å². The van der Waals surface area contributed by atoms with Crippen molar-refractivity contribution in [3.63, 3.8) is 0 Å². The largest absolute Gasteiger partial charge is 0.450 e. The Kier molecular flexibility index (Phi) is 7.57. The Labute approximate surface area is 89.7 Å². The summed E-state index contributed by atoms with van der Waals surface area (Å²) in [6.45, 7) is 4.20. The van der Waals surface area contributed by atoms with E-state index in [1.807, 2.05) is 0 Å². The predicted molar refractivity (Wildman–Crippen MR) is 56.3 cm³/mol. The van der Waals surface area contributed by atoms with Crippen LogP contribution in [0, 0.1) is 0 Å². The highest BCUT2D eigenvalue weighted by Gasteiger charge is 2.13. The molecule has 1 aliphatic heterocycles. The minimum atomic E-state index is -0.706. The fraction of sp³-hybridized carbons (Fsp3) is 0.778. The summed E-state index contributed by atoms with van der Waals surface area (Å²) in [5.41, 5.74) is 5.58. The van der Waals surface area contributed by atoms with E-state index in [9.17, 15) is 9.59 Å². The predicted octanol–water partition coefficient (Wildman–Crippen LogP) is -0.462. The summed E-state index contributed by atoms with van der Waals surface area (Å²) in [4.78, 5) is 21.8. The highest BCUT2D eigenvalue weighted by molar-refractivity contribution is 5.79. The third kappa shape index (κ3) is 7.90. The highest BCUT2D eigenvalue weighted by Crippen LogP contribution is 2.01. The number of nitrogens with zero attached hydrogens (tertiary/aromatic N) is 1. The van der Waals surface area contributed by atoms with Crippen LogP contribution in [-0.2, 0) is 9.53 Å². The molecule has 0 aromatic carbocycles. The molecular formula is C9H19N3O3. The fourth-order valence-electron chi connectivity index (χ4n) is 1.19. The molecule has 1 aliphatic rings. The van der Waals surface area contributed by atoms with E-state index in [1.54, 1.807) is 12.2 Å². The first kappa shape index (κ1) is 13.9. The molecule has 0 bridgehead atoms. The summed E-state index contributed by atoms with van der Waals surface area (Å²) >= 11 is 0. The first-order valence-electron chi connectivity index (χ1n) is 4.91. The van der Waals surface area contributed by atoms with Crippen molar-refractivity contribution in [3.8, 4) is 0 Å². The molecule has 0 radical (unpaired) electrons. The number of carbonyl (C=O) groups excluding carboxylic acids is 2. The van der Waals surface area contributed by atoms with Gasteiger partial charge in [0.15, 0.2) is 0 Å². The lowest BCUT2D eigenvalue weighted by atomic mass is 10.3. The fourth-order valence-corrected chi connectivity index (χ4v) is 1.19. The van der Waals surface area contributed by atoms with Crippen LogP contribution in [0.5, 0.6) is 0 Å². The normalized spacial score (nSPS) is 20.1. The van der Waals surface area contributed by atoms with E-state index in [2.05, 4.69) is 16.7 Å². The Morgan fingerprint density at radius 2 is 2.40 bits per heavy atom. The summed E-state index contributed by atoms with van der Waals surface area (Å²) in [7, 11) is 2.10. The first-order chi connectivity index (χ1) is 7.10. The van der Waals surface area contributed by atoms with Gasteiger partial charge in [-0.1, -0.05) is 0 Å². The number of imide groups is 1. The van der Waals surface area contributed by atoms with Crippen molar-refractivity contribution < 1.29 is 14.3 Å². The van der Waals surface area contributed by atoms with Gasteiger partial charge in [-0.05, 0) is 26.9 Å². The zero-order valence-electron chi connectivity index (χ0n) is 9.23. The van der Waals surface area contributed by atoms with E-state index in [0.717, 1.165) is 6.54 Å². The minimum absolute atomic E-state index is 0.276. The number of hydrogen-bond donors (Lipinski definition) is 2. The molecule has 1 saturated heterocycles. The van der Waals surface area contributed by atoms with Crippen LogP contribution in [-0.4, -0.2) is 50.2 Å². The zero-order valence-corrected chi connectivity index (χ0v) is 9.23. The van der Waals surface area contributed by atoms with Crippen LogP contribution in [0.4, 0.5) is 4.79 Å². The number of likely N-dealkylation sites (N-methyl/N-ethyl adjacent to an activating group) is 1. The molecule has 0 aliphatic carbocycles. The molecule has 2 amide bonds. The van der Waals surface area contributed by atoms with Crippen LogP contribution in [0.15, 0.2) is 0 Å². The van der Waals surface area contributed by atoms with Gasteiger partial charge in [0, 0.05) is 12.6 Å². The van der Waals surface area contributed by atoms with Gasteiger partial charge in [-0.15, -0.1) is 0 Å². The number of carbonyl (C=O) groups is 2. The van der Waals surface area contributed by atoms with Gasteiger partial charge in [0.25, 0.3) is 0 Å². The number of ether oxygens (including phenoxy) is 1. The molecule has 6 nitrogen and oxygen atoms in total. The minimum Gasteiger partial charge on any atom is -0.450 e. The molecule has 0 saturated carbocycles. The monoisotopic (exact) mass is 217 g/mol. The van der Waals surface area contributed by atoms with Crippen LogP contribution in [0.3, 0.4) is 0 Å². The lowest BCUT2D eigenvalue weighted by Gasteiger charge is -2.03. The maximum Gasteiger partial charge on any atom is 0.413 e. The highest BCUT2D eigenvalue weighted by atomic mass is 16.5. The van der Waals surface area contributed by atoms with Crippen LogP contribution < -0.4 is 11.1 Å². The van der Waals surface area contributed by atoms with Crippen molar-refractivity contribution in [1.29, 1.82) is 0 Å². The molecule has 1 heterocycles. The summed E-state index contributed by atoms with van der Waals surface area (Å²) < 4.78 is 4.30. The Morgan fingerprint density at radius 3 is 2.67 bits per heavy atom. The second-order valence-corrected chi connectivity index (χ2v) is 3.29. The number of amides is 2. The maximum atomic E-state index is 10.1. The number of hydrogen-bond acceptors (Lipinski definition) is 5. The molecule has 15 heavy (non-hydrogen) atoms. The van der Waals surface area contributed by atoms with Crippen LogP contribution >= 0.6 is 0 Å². The van der Waals surface area contributed by atoms with E-state index in [0.29, 0.717) is 6.04 Å². The Balaban J connectivity index is 0.000000262. The van der Waals surface area contributed by atoms with Crippen molar-refractivity contribution in [1.82, 2.24) is 10.2 Å². The van der Waals surface area contributed by atoms with Gasteiger partial charge < -0.3 is 15.4 Å². The number of alkyl carbamates (subject to hydrolysis) is 1. The number of rotatable bonds is 2. The van der Waals surface area contributed by atoms with Gasteiger partial charge >= 0.3 is 6.09 Å². The molecule has 1 atom stereocenters. The maximum absolute atomic E-state index is 10.1. The number of likely N-dealkylation sites (tertiary alicyclic amines) is 1. The average molecular weight is 217 g/mol. The number of nitrogens with two attached hydrogens (primary N) is 1. The van der Waals surface area contributed by atoms with E-state index < -0.39 is 6.09 Å². The van der Waals surface area contributed by atoms with Gasteiger partial charge in [0.1, 0.15) is 0 Å². The molecule has 88 valence electrons. The lowest BCUT2D eigenvalue weighted by Crippen LogP contribution is -2.23. The standard InChI is InChI=1S/C5H12N2.C4H7NO3/c1-7-3-2-5(6)4-7;1-2-8-4(7)5-3-6/h5H,2-4,6H2,1H3;3H,2H2,1H3,(H,5,6,7). The molecule has 0 aromatic rings. The summed E-state index contributed by atoms with van der Waals surface area (Å²) in [5.74, 6) is 0. The summed E-state index contributed by atoms with van der Waals surface area (Å²) in [5, 5.41) is 1.80. The third-order valence-corrected chi connectivity index (χ3v) is 1.88. The van der Waals surface area contributed by atoms with Crippen LogP contribution in [0.25, 0.3) is 0 Å². The average Bonchev–Trinajstić information content (AvgIpc) is 2.52. The Hall–Kier alpha value is -1.14. The third-order valence-electron chi connectivity index (χ3n) is 1.88. The molecule has 0 aromatic heterocycles. The molecule has 1 fully saturated rings. The van der Waals surface area contributed by atoms with Gasteiger partial charge in [-0.25, -0.2) is 4.79 Å². The van der Waals surface area contributed by atoms with Crippen molar-refractivity contribution in [3.05, 3.63) is 0 Å². The van der Waals surface area contributed by atoms with Gasteiger partial charge in [-0.3, -0.25) is 10.1 Å². The first-order valence-corrected chi connectivity index (χ1v) is 4.91. The van der Waals surface area contributed by atoms with E-state index >= 15 is 0 Å². The van der Waals surface area contributed by atoms with Crippen molar-refractivity contribution in [2.75, 3.05) is 26.7 Å². The van der Waals surface area contributed by atoms with Crippen molar-refractivity contribution >= 4 is 12.5 Å². The van der Waals surface area contributed by atoms with E-state index in [1.165, 1.54) is 13.0 Å². The molecule has 1 rings (SSSR count). The smallest absolute Gasteiger partial charge is 0.413 e. The Morgan fingerprint density at radius 1 is 1.73 bits per heavy atom. The molecule has 1 unspecified atom stereocenters. The van der Waals surface area contributed by atoms with Crippen LogP contribution in [0.2, 0.25) is 0 Å². The van der Waals surface area contributed by atoms with E-state index in [4.69, 9.17) is 5.73 Å². The van der Waals surface area contributed by atoms with Crippen molar-refractivity contribution in [2.45, 2.75) is 19.4 Å². The molecule has 6 heteroatoms. The van der Waals surface area contributed by atoms with Gasteiger partial charge in [0.05, 0.1) is 6.61 Å².